The smallest absolute Gasteiger partial charge is 0.340 e. The first-order valence-electron chi connectivity index (χ1n) is 6.00. The number of rotatable bonds is 5. The van der Waals surface area contributed by atoms with Gasteiger partial charge in [0.25, 0.3) is 0 Å². The third-order valence-corrected chi connectivity index (χ3v) is 2.32. The van der Waals surface area contributed by atoms with E-state index >= 15 is 0 Å². The number of carbonyl (C=O) groups is 3. The fourth-order valence-electron chi connectivity index (χ4n) is 1.27. The van der Waals surface area contributed by atoms with E-state index in [0.29, 0.717) is 0 Å². The lowest BCUT2D eigenvalue weighted by molar-refractivity contribution is -0.153. The van der Waals surface area contributed by atoms with Gasteiger partial charge in [0, 0.05) is 11.6 Å². The zero-order valence-electron chi connectivity index (χ0n) is 11.4. The van der Waals surface area contributed by atoms with Crippen LogP contribution in [0.25, 0.3) is 6.08 Å². The van der Waals surface area contributed by atoms with Crippen molar-refractivity contribution in [3.05, 3.63) is 65.8 Å². The zero-order valence-corrected chi connectivity index (χ0v) is 11.4. The lowest BCUT2D eigenvalue weighted by Crippen LogP contribution is -2.12. The van der Waals surface area contributed by atoms with Crippen molar-refractivity contribution in [1.82, 2.24) is 0 Å². The van der Waals surface area contributed by atoms with Gasteiger partial charge in [-0.3, -0.25) is 0 Å². The summed E-state index contributed by atoms with van der Waals surface area (Å²) in [5.74, 6) is -3.26. The lowest BCUT2D eigenvalue weighted by Gasteiger charge is -1.99. The van der Waals surface area contributed by atoms with E-state index in [0.717, 1.165) is 11.6 Å². The molecule has 0 aromatic heterocycles. The Morgan fingerprint density at radius 2 is 1.81 bits per heavy atom. The second kappa shape index (κ2) is 7.59. The topological polar surface area (TPSA) is 80.7 Å². The van der Waals surface area contributed by atoms with Crippen LogP contribution in [0.15, 0.2) is 60.2 Å². The van der Waals surface area contributed by atoms with Crippen LogP contribution in [0.2, 0.25) is 0 Å². The number of esters is 2. The van der Waals surface area contributed by atoms with Crippen molar-refractivity contribution in [2.75, 3.05) is 0 Å². The van der Waals surface area contributed by atoms with Gasteiger partial charge in [0.15, 0.2) is 0 Å². The van der Waals surface area contributed by atoms with Gasteiger partial charge in [-0.2, -0.15) is 0 Å². The number of aliphatic carboxylic acids is 1. The quantitative estimate of drug-likeness (QED) is 0.389. The van der Waals surface area contributed by atoms with Crippen molar-refractivity contribution < 1.29 is 24.2 Å². The molecule has 108 valence electrons. The number of hydrogen-bond acceptors (Lipinski definition) is 4. The van der Waals surface area contributed by atoms with Gasteiger partial charge in [0.1, 0.15) is 0 Å². The molecule has 0 bridgehead atoms. The van der Waals surface area contributed by atoms with E-state index in [-0.39, 0.29) is 11.1 Å². The molecule has 1 N–H and O–H groups in total. The van der Waals surface area contributed by atoms with Gasteiger partial charge in [-0.15, -0.1) is 0 Å². The van der Waals surface area contributed by atoms with E-state index in [4.69, 9.17) is 5.11 Å². The Balaban J connectivity index is 2.87. The first kappa shape index (κ1) is 16.1. The summed E-state index contributed by atoms with van der Waals surface area (Å²) in [4.78, 5) is 33.6. The van der Waals surface area contributed by atoms with E-state index in [2.05, 4.69) is 11.3 Å². The minimum absolute atomic E-state index is 0.0495. The summed E-state index contributed by atoms with van der Waals surface area (Å²) in [5, 5.41) is 9.01. The summed E-state index contributed by atoms with van der Waals surface area (Å²) in [5.41, 5.74) is 0.530. The molecule has 0 amide bonds. The average molecular weight is 286 g/mol. The van der Waals surface area contributed by atoms with Gasteiger partial charge in [-0.05, 0) is 18.6 Å². The molecule has 1 rings (SSSR count). The molecular weight excluding hydrogens is 272 g/mol. The van der Waals surface area contributed by atoms with E-state index in [1.165, 1.54) is 19.1 Å². The number of carbonyl (C=O) groups excluding carboxylic acids is 2. The molecule has 1 aromatic rings. The highest BCUT2D eigenvalue weighted by atomic mass is 16.6. The number of carboxylic acids is 1. The molecule has 0 saturated heterocycles. The number of ether oxygens (including phenoxy) is 1. The minimum atomic E-state index is -1.30. The molecule has 21 heavy (non-hydrogen) atoms. The minimum Gasteiger partial charge on any atom is -0.478 e. The molecule has 0 aliphatic carbocycles. The molecule has 0 saturated carbocycles. The van der Waals surface area contributed by atoms with Gasteiger partial charge in [-0.25, -0.2) is 14.4 Å². The molecule has 0 aliphatic heterocycles. The van der Waals surface area contributed by atoms with Crippen LogP contribution in [-0.4, -0.2) is 23.0 Å². The van der Waals surface area contributed by atoms with Gasteiger partial charge in [0.2, 0.25) is 0 Å². The first-order chi connectivity index (χ1) is 9.90. The maximum atomic E-state index is 11.4. The predicted octanol–water partition coefficient (Wildman–Crippen LogP) is 2.36. The molecule has 0 heterocycles. The normalized spacial score (nSPS) is 11.2. The predicted molar refractivity (Wildman–Crippen MR) is 77.1 cm³/mol. The molecule has 0 aliphatic rings. The van der Waals surface area contributed by atoms with Crippen molar-refractivity contribution in [2.45, 2.75) is 6.92 Å². The second-order valence-electron chi connectivity index (χ2n) is 4.14. The zero-order chi connectivity index (χ0) is 15.8. The van der Waals surface area contributed by atoms with Crippen LogP contribution in [0, 0.1) is 0 Å². The van der Waals surface area contributed by atoms with Crippen LogP contribution in [0.1, 0.15) is 12.5 Å². The Hall–Kier alpha value is -2.95. The van der Waals surface area contributed by atoms with Crippen LogP contribution < -0.4 is 0 Å². The molecule has 5 nitrogen and oxygen atoms in total. The first-order valence-corrected chi connectivity index (χ1v) is 6.00. The number of hydrogen-bond donors (Lipinski definition) is 1. The standard InChI is InChI=1S/C16H14O5/c1-11(2)16(20)21-14(17)10-13(15(18)19)9-8-12-6-4-3-5-7-12/h3-10H,1H2,2H3,(H,18,19)/b9-8+,13-10-. The van der Waals surface area contributed by atoms with Crippen LogP contribution in [0.5, 0.6) is 0 Å². The van der Waals surface area contributed by atoms with Gasteiger partial charge < -0.3 is 9.84 Å². The molecule has 0 fully saturated rings. The van der Waals surface area contributed by atoms with Crippen molar-refractivity contribution in [1.29, 1.82) is 0 Å². The summed E-state index contributed by atoms with van der Waals surface area (Å²) in [6.07, 6.45) is 3.53. The maximum absolute atomic E-state index is 11.4. The van der Waals surface area contributed by atoms with Crippen molar-refractivity contribution in [2.24, 2.45) is 0 Å². The lowest BCUT2D eigenvalue weighted by atomic mass is 10.1. The van der Waals surface area contributed by atoms with Crippen molar-refractivity contribution >= 4 is 24.0 Å². The Bertz CT molecular complexity index is 623. The highest BCUT2D eigenvalue weighted by molar-refractivity contribution is 6.03. The molecule has 0 unspecified atom stereocenters. The molecule has 5 heteroatoms. The summed E-state index contributed by atoms with van der Waals surface area (Å²) in [6.45, 7) is 4.70. The number of carboxylic acid groups (broad SMARTS) is 1. The molecular formula is C16H14O5. The van der Waals surface area contributed by atoms with E-state index in [1.807, 2.05) is 6.07 Å². The van der Waals surface area contributed by atoms with Gasteiger partial charge >= 0.3 is 17.9 Å². The fourth-order valence-corrected chi connectivity index (χ4v) is 1.27. The summed E-state index contributed by atoms with van der Waals surface area (Å²) >= 11 is 0. The molecule has 0 spiro atoms. The van der Waals surface area contributed by atoms with Crippen molar-refractivity contribution in [3.8, 4) is 0 Å². The van der Waals surface area contributed by atoms with E-state index in [1.54, 1.807) is 24.3 Å². The highest BCUT2D eigenvalue weighted by Crippen LogP contribution is 2.06. The third-order valence-electron chi connectivity index (χ3n) is 2.32. The monoisotopic (exact) mass is 286 g/mol. The van der Waals surface area contributed by atoms with Crippen LogP contribution >= 0.6 is 0 Å². The van der Waals surface area contributed by atoms with Crippen LogP contribution in [0.4, 0.5) is 0 Å². The van der Waals surface area contributed by atoms with Gasteiger partial charge in [0.05, 0.1) is 5.57 Å². The molecule has 1 aromatic carbocycles. The van der Waals surface area contributed by atoms with Gasteiger partial charge in [-0.1, -0.05) is 43.0 Å². The fraction of sp³-hybridized carbons (Fsp3) is 0.0625. The second-order valence-corrected chi connectivity index (χ2v) is 4.14. The average Bonchev–Trinajstić information content (AvgIpc) is 2.44. The Morgan fingerprint density at radius 1 is 1.19 bits per heavy atom. The number of benzene rings is 1. The third kappa shape index (κ3) is 5.69. The Kier molecular flexibility index (Phi) is 5.82. The Labute approximate surface area is 121 Å². The van der Waals surface area contributed by atoms with Crippen molar-refractivity contribution in [3.63, 3.8) is 0 Å². The Morgan fingerprint density at radius 3 is 2.33 bits per heavy atom. The highest BCUT2D eigenvalue weighted by Gasteiger charge is 2.12. The molecule has 0 radical (unpaired) electrons. The van der Waals surface area contributed by atoms with Crippen LogP contribution in [-0.2, 0) is 19.1 Å². The summed E-state index contributed by atoms with van der Waals surface area (Å²) in [6, 6.07) is 8.97. The van der Waals surface area contributed by atoms with E-state index < -0.39 is 17.9 Å². The molecule has 0 atom stereocenters. The summed E-state index contributed by atoms with van der Waals surface area (Å²) < 4.78 is 4.39. The maximum Gasteiger partial charge on any atom is 0.340 e. The summed E-state index contributed by atoms with van der Waals surface area (Å²) in [7, 11) is 0. The SMILES string of the molecule is C=C(C)C(=O)OC(=O)/C=C(/C=C/c1ccccc1)C(=O)O. The van der Waals surface area contributed by atoms with Crippen LogP contribution in [0.3, 0.4) is 0 Å². The van der Waals surface area contributed by atoms with E-state index in [9.17, 15) is 14.4 Å². The largest absolute Gasteiger partial charge is 0.478 e.